The fourth-order valence-electron chi connectivity index (χ4n) is 3.98. The maximum atomic E-state index is 13.5. The van der Waals surface area contributed by atoms with E-state index in [4.69, 9.17) is 0 Å². The van der Waals surface area contributed by atoms with Crippen LogP contribution < -0.4 is 5.32 Å². The number of carbonyl (C=O) groups excluding carboxylic acids is 2. The summed E-state index contributed by atoms with van der Waals surface area (Å²) in [5.74, 6) is -0.249. The van der Waals surface area contributed by atoms with Crippen molar-refractivity contribution < 1.29 is 9.59 Å². The van der Waals surface area contributed by atoms with Crippen LogP contribution in [0.3, 0.4) is 0 Å². The molecule has 1 unspecified atom stereocenters. The zero-order valence-corrected chi connectivity index (χ0v) is 20.1. The second-order valence-electron chi connectivity index (χ2n) is 8.17. The minimum Gasteiger partial charge on any atom is -0.351 e. The lowest BCUT2D eigenvalue weighted by atomic mass is 10.0. The molecule has 0 saturated carbocycles. The fraction of sp³-hybridized carbons (Fsp3) is 0.333. The molecule has 1 atom stereocenters. The van der Waals surface area contributed by atoms with Crippen molar-refractivity contribution in [3.8, 4) is 0 Å². The Bertz CT molecular complexity index is 1270. The summed E-state index contributed by atoms with van der Waals surface area (Å²) in [7, 11) is 3.65. The van der Waals surface area contributed by atoms with Crippen LogP contribution in [0.4, 0.5) is 0 Å². The van der Waals surface area contributed by atoms with E-state index in [1.165, 1.54) is 11.3 Å². The highest BCUT2D eigenvalue weighted by atomic mass is 32.1. The number of fused-ring (bicyclic) bond motifs is 1. The number of benzene rings is 1. The summed E-state index contributed by atoms with van der Waals surface area (Å²) in [5.41, 5.74) is 2.90. The van der Waals surface area contributed by atoms with Gasteiger partial charge in [0.25, 0.3) is 11.8 Å². The molecule has 0 aliphatic carbocycles. The molecular formula is C24H28N6O2S. The van der Waals surface area contributed by atoms with Crippen LogP contribution in [-0.4, -0.2) is 55.5 Å². The molecule has 9 heteroatoms. The lowest BCUT2D eigenvalue weighted by molar-refractivity contribution is 0.0713. The predicted molar refractivity (Wildman–Crippen MR) is 129 cm³/mol. The Morgan fingerprint density at radius 1 is 1.15 bits per heavy atom. The number of rotatable bonds is 8. The Hall–Kier alpha value is -3.46. The van der Waals surface area contributed by atoms with Crippen LogP contribution in [0.25, 0.3) is 4.96 Å². The number of nitrogens with zero attached hydrogens (tertiary/aromatic N) is 5. The minimum absolute atomic E-state index is 0.113. The van der Waals surface area contributed by atoms with Gasteiger partial charge in [0.05, 0.1) is 5.69 Å². The average Bonchev–Trinajstić information content (AvgIpc) is 3.45. The van der Waals surface area contributed by atoms with Gasteiger partial charge in [0.1, 0.15) is 10.7 Å². The summed E-state index contributed by atoms with van der Waals surface area (Å²) in [6, 6.07) is 13.6. The Morgan fingerprint density at radius 3 is 2.61 bits per heavy atom. The molecule has 4 rings (SSSR count). The molecule has 4 aromatic rings. The number of aryl methyl sites for hydroxylation is 3. The predicted octanol–water partition coefficient (Wildman–Crippen LogP) is 3.25. The third-order valence-corrected chi connectivity index (χ3v) is 6.63. The van der Waals surface area contributed by atoms with E-state index in [0.717, 1.165) is 15.5 Å². The normalized spacial score (nSPS) is 12.1. The van der Waals surface area contributed by atoms with Gasteiger partial charge in [-0.05, 0) is 44.4 Å². The van der Waals surface area contributed by atoms with Crippen molar-refractivity contribution in [2.75, 3.05) is 13.6 Å². The molecular weight excluding hydrogens is 436 g/mol. The molecule has 0 aliphatic heterocycles. The first kappa shape index (κ1) is 22.7. The monoisotopic (exact) mass is 464 g/mol. The first-order valence-corrected chi connectivity index (χ1v) is 11.7. The van der Waals surface area contributed by atoms with Gasteiger partial charge in [-0.1, -0.05) is 41.7 Å². The zero-order valence-electron chi connectivity index (χ0n) is 19.3. The van der Waals surface area contributed by atoms with E-state index in [0.29, 0.717) is 36.5 Å². The SMILES string of the molecule is Cc1nn2c(C(=O)N(C)C(CCNC(=O)c3cccn3C)Cc3ccccc3)c(C)nc2s1. The van der Waals surface area contributed by atoms with Crippen molar-refractivity contribution in [1.29, 1.82) is 0 Å². The molecule has 8 nitrogen and oxygen atoms in total. The molecule has 0 saturated heterocycles. The van der Waals surface area contributed by atoms with Crippen LogP contribution in [0.1, 0.15) is 43.7 Å². The zero-order chi connectivity index (χ0) is 23.5. The summed E-state index contributed by atoms with van der Waals surface area (Å²) in [6.45, 7) is 4.19. The van der Waals surface area contributed by atoms with E-state index in [2.05, 4.69) is 27.5 Å². The molecule has 3 heterocycles. The first-order chi connectivity index (χ1) is 15.8. The van der Waals surface area contributed by atoms with Crippen LogP contribution >= 0.6 is 11.3 Å². The van der Waals surface area contributed by atoms with E-state index in [-0.39, 0.29) is 17.9 Å². The van der Waals surface area contributed by atoms with Crippen LogP contribution in [0.2, 0.25) is 0 Å². The first-order valence-electron chi connectivity index (χ1n) is 10.9. The number of hydrogen-bond donors (Lipinski definition) is 1. The highest BCUT2D eigenvalue weighted by Gasteiger charge is 2.27. The highest BCUT2D eigenvalue weighted by molar-refractivity contribution is 7.16. The van der Waals surface area contributed by atoms with Gasteiger partial charge in [-0.25, -0.2) is 4.98 Å². The van der Waals surface area contributed by atoms with Crippen molar-refractivity contribution >= 4 is 28.1 Å². The number of likely N-dealkylation sites (N-methyl/N-ethyl adjacent to an activating group) is 1. The van der Waals surface area contributed by atoms with E-state index >= 15 is 0 Å². The Kier molecular flexibility index (Phi) is 6.60. The second-order valence-corrected chi connectivity index (χ2v) is 9.33. The van der Waals surface area contributed by atoms with Crippen molar-refractivity contribution in [3.05, 3.63) is 76.3 Å². The summed E-state index contributed by atoms with van der Waals surface area (Å²) >= 11 is 1.46. The minimum atomic E-state index is -0.125. The van der Waals surface area contributed by atoms with E-state index in [1.54, 1.807) is 20.0 Å². The smallest absolute Gasteiger partial charge is 0.274 e. The maximum Gasteiger partial charge on any atom is 0.274 e. The van der Waals surface area contributed by atoms with Crippen LogP contribution in [0.15, 0.2) is 48.7 Å². The van der Waals surface area contributed by atoms with Crippen LogP contribution in [0, 0.1) is 13.8 Å². The molecule has 1 aromatic carbocycles. The van der Waals surface area contributed by atoms with E-state index < -0.39 is 0 Å². The van der Waals surface area contributed by atoms with Gasteiger partial charge in [0, 0.05) is 32.9 Å². The number of imidazole rings is 1. The van der Waals surface area contributed by atoms with Gasteiger partial charge in [-0.15, -0.1) is 0 Å². The average molecular weight is 465 g/mol. The van der Waals surface area contributed by atoms with Crippen LogP contribution in [0.5, 0.6) is 0 Å². The van der Waals surface area contributed by atoms with Gasteiger partial charge in [0.15, 0.2) is 5.69 Å². The fourth-order valence-corrected chi connectivity index (χ4v) is 4.77. The van der Waals surface area contributed by atoms with Crippen LogP contribution in [-0.2, 0) is 13.5 Å². The third-order valence-electron chi connectivity index (χ3n) is 5.80. The van der Waals surface area contributed by atoms with Gasteiger partial charge < -0.3 is 14.8 Å². The molecule has 0 aliphatic rings. The van der Waals surface area contributed by atoms with Crippen molar-refractivity contribution in [1.82, 2.24) is 29.4 Å². The van der Waals surface area contributed by atoms with Gasteiger partial charge in [0.2, 0.25) is 4.96 Å². The second kappa shape index (κ2) is 9.58. The maximum absolute atomic E-state index is 13.5. The largest absolute Gasteiger partial charge is 0.351 e. The van der Waals surface area contributed by atoms with Gasteiger partial charge in [-0.2, -0.15) is 9.61 Å². The molecule has 3 aromatic heterocycles. The lowest BCUT2D eigenvalue weighted by Crippen LogP contribution is -2.41. The van der Waals surface area contributed by atoms with Gasteiger partial charge in [-0.3, -0.25) is 9.59 Å². The van der Waals surface area contributed by atoms with Gasteiger partial charge >= 0.3 is 0 Å². The molecule has 2 amide bonds. The molecule has 0 spiro atoms. The summed E-state index contributed by atoms with van der Waals surface area (Å²) < 4.78 is 3.43. The number of hydrogen-bond acceptors (Lipinski definition) is 5. The molecule has 1 N–H and O–H groups in total. The van der Waals surface area contributed by atoms with E-state index in [9.17, 15) is 9.59 Å². The van der Waals surface area contributed by atoms with Crippen molar-refractivity contribution in [2.24, 2.45) is 7.05 Å². The van der Waals surface area contributed by atoms with Crippen molar-refractivity contribution in [2.45, 2.75) is 32.7 Å². The number of amides is 2. The number of carbonyl (C=O) groups is 2. The quantitative estimate of drug-likeness (QED) is 0.434. The number of nitrogens with one attached hydrogen (secondary N) is 1. The summed E-state index contributed by atoms with van der Waals surface area (Å²) in [6.07, 6.45) is 3.14. The Balaban J connectivity index is 1.53. The Labute approximate surface area is 196 Å². The standard InChI is InChI=1S/C24H28N6O2S/c1-16-21(30-24(26-16)33-17(2)27-30)23(32)29(4)19(15-18-9-6-5-7-10-18)12-13-25-22(31)20-11-8-14-28(20)3/h5-11,14,19H,12-13,15H2,1-4H3,(H,25,31). The lowest BCUT2D eigenvalue weighted by Gasteiger charge is -2.28. The highest BCUT2D eigenvalue weighted by Crippen LogP contribution is 2.21. The number of aromatic nitrogens is 4. The summed E-state index contributed by atoms with van der Waals surface area (Å²) in [5, 5.41) is 8.32. The molecule has 0 fully saturated rings. The Morgan fingerprint density at radius 2 is 1.91 bits per heavy atom. The van der Waals surface area contributed by atoms with Crippen molar-refractivity contribution in [3.63, 3.8) is 0 Å². The molecule has 33 heavy (non-hydrogen) atoms. The third kappa shape index (κ3) is 4.83. The summed E-state index contributed by atoms with van der Waals surface area (Å²) in [4.78, 5) is 33.1. The molecule has 0 bridgehead atoms. The van der Waals surface area contributed by atoms with E-state index in [1.807, 2.05) is 58.4 Å². The molecule has 172 valence electrons. The topological polar surface area (TPSA) is 84.5 Å². The molecule has 0 radical (unpaired) electrons.